The maximum absolute atomic E-state index is 5.53. The molecule has 0 amide bonds. The second-order valence-electron chi connectivity index (χ2n) is 4.32. The lowest BCUT2D eigenvalue weighted by Crippen LogP contribution is -2.10. The maximum atomic E-state index is 5.53. The summed E-state index contributed by atoms with van der Waals surface area (Å²) in [5, 5.41) is 3.33. The third-order valence-corrected chi connectivity index (χ3v) is 2.95. The summed E-state index contributed by atoms with van der Waals surface area (Å²) in [5.41, 5.74) is 5.91. The van der Waals surface area contributed by atoms with Gasteiger partial charge in [0.15, 0.2) is 0 Å². The molecule has 0 radical (unpaired) electrons. The molecule has 1 unspecified atom stereocenters. The van der Waals surface area contributed by atoms with Gasteiger partial charge in [-0.1, -0.05) is 13.8 Å². The number of anilines is 2. The molecule has 76 valence electrons. The highest BCUT2D eigenvalue weighted by atomic mass is 79.9. The summed E-state index contributed by atoms with van der Waals surface area (Å²) in [4.78, 5) is 8.05. The van der Waals surface area contributed by atoms with Gasteiger partial charge in [-0.3, -0.25) is 0 Å². The van der Waals surface area contributed by atoms with Gasteiger partial charge in [0, 0.05) is 12.1 Å². The van der Waals surface area contributed by atoms with Gasteiger partial charge in [-0.2, -0.15) is 4.98 Å². The van der Waals surface area contributed by atoms with Crippen LogP contribution in [0, 0.1) is 5.41 Å². The van der Waals surface area contributed by atoms with Gasteiger partial charge in [0.25, 0.3) is 0 Å². The van der Waals surface area contributed by atoms with Gasteiger partial charge >= 0.3 is 0 Å². The van der Waals surface area contributed by atoms with Crippen molar-refractivity contribution in [3.05, 3.63) is 10.7 Å². The molecule has 1 aromatic heterocycles. The van der Waals surface area contributed by atoms with E-state index < -0.39 is 0 Å². The van der Waals surface area contributed by atoms with Crippen molar-refractivity contribution in [3.8, 4) is 0 Å². The Kier molecular flexibility index (Phi) is 2.14. The smallest absolute Gasteiger partial charge is 0.223 e. The molecule has 14 heavy (non-hydrogen) atoms. The Hall–Kier alpha value is -0.840. The fourth-order valence-electron chi connectivity index (χ4n) is 1.40. The van der Waals surface area contributed by atoms with E-state index in [0.717, 1.165) is 5.82 Å². The number of nitrogens with two attached hydrogens (primary N) is 1. The molecular formula is C9H13BrN4. The Morgan fingerprint density at radius 3 is 2.71 bits per heavy atom. The number of nitrogens with zero attached hydrogens (tertiary/aromatic N) is 2. The standard InChI is InChI=1S/C9H13BrN4/c1-9(2)4-5(9)12-7-3-6(10)13-8(11)14-7/h3,5H,4H2,1-2H3,(H3,11,12,13,14). The van der Waals surface area contributed by atoms with Crippen molar-refractivity contribution in [2.45, 2.75) is 26.3 Å². The zero-order valence-corrected chi connectivity index (χ0v) is 9.80. The van der Waals surface area contributed by atoms with Gasteiger partial charge in [-0.25, -0.2) is 4.98 Å². The minimum Gasteiger partial charge on any atom is -0.368 e. The summed E-state index contributed by atoms with van der Waals surface area (Å²) >= 11 is 3.28. The van der Waals surface area contributed by atoms with Crippen LogP contribution in [-0.2, 0) is 0 Å². The Balaban J connectivity index is 2.10. The lowest BCUT2D eigenvalue weighted by molar-refractivity contribution is 0.630. The van der Waals surface area contributed by atoms with Crippen LogP contribution in [0.3, 0.4) is 0 Å². The Morgan fingerprint density at radius 2 is 2.21 bits per heavy atom. The van der Waals surface area contributed by atoms with E-state index in [1.807, 2.05) is 6.07 Å². The molecule has 0 bridgehead atoms. The van der Waals surface area contributed by atoms with Crippen molar-refractivity contribution in [3.63, 3.8) is 0 Å². The van der Waals surface area contributed by atoms with E-state index in [1.165, 1.54) is 6.42 Å². The van der Waals surface area contributed by atoms with Crippen molar-refractivity contribution in [1.82, 2.24) is 9.97 Å². The van der Waals surface area contributed by atoms with Gasteiger partial charge in [0.1, 0.15) is 10.4 Å². The van der Waals surface area contributed by atoms with Crippen LogP contribution in [0.25, 0.3) is 0 Å². The number of hydrogen-bond donors (Lipinski definition) is 2. The van der Waals surface area contributed by atoms with Crippen LogP contribution in [0.5, 0.6) is 0 Å². The SMILES string of the molecule is CC1(C)CC1Nc1cc(Br)nc(N)n1. The number of nitrogen functional groups attached to an aromatic ring is 1. The predicted molar refractivity (Wildman–Crippen MR) is 60.0 cm³/mol. The highest BCUT2D eigenvalue weighted by Crippen LogP contribution is 2.46. The highest BCUT2D eigenvalue weighted by Gasteiger charge is 2.45. The first kappa shape index (κ1) is 9.71. The Morgan fingerprint density at radius 1 is 1.57 bits per heavy atom. The molecule has 1 atom stereocenters. The van der Waals surface area contributed by atoms with Crippen molar-refractivity contribution in [2.24, 2.45) is 5.41 Å². The van der Waals surface area contributed by atoms with E-state index in [9.17, 15) is 0 Å². The van der Waals surface area contributed by atoms with E-state index in [2.05, 4.69) is 45.1 Å². The molecule has 1 heterocycles. The molecule has 1 aliphatic rings. The summed E-state index contributed by atoms with van der Waals surface area (Å²) in [7, 11) is 0. The summed E-state index contributed by atoms with van der Waals surface area (Å²) in [6, 6.07) is 2.34. The minimum atomic E-state index is 0.292. The molecule has 1 aliphatic carbocycles. The summed E-state index contributed by atoms with van der Waals surface area (Å²) in [5.74, 6) is 1.08. The van der Waals surface area contributed by atoms with Gasteiger partial charge in [0.05, 0.1) is 0 Å². The van der Waals surface area contributed by atoms with E-state index in [-0.39, 0.29) is 0 Å². The normalized spacial score (nSPS) is 23.2. The molecule has 0 aromatic carbocycles. The van der Waals surface area contributed by atoms with Gasteiger partial charge in [0.2, 0.25) is 5.95 Å². The summed E-state index contributed by atoms with van der Waals surface area (Å²) in [6.45, 7) is 4.45. The van der Waals surface area contributed by atoms with Gasteiger partial charge in [-0.15, -0.1) is 0 Å². The van der Waals surface area contributed by atoms with Crippen LogP contribution >= 0.6 is 15.9 Å². The monoisotopic (exact) mass is 256 g/mol. The van der Waals surface area contributed by atoms with Crippen LogP contribution in [0.2, 0.25) is 0 Å². The fourth-order valence-corrected chi connectivity index (χ4v) is 1.80. The molecule has 0 aliphatic heterocycles. The number of rotatable bonds is 2. The third kappa shape index (κ3) is 1.97. The Bertz CT molecular complexity index is 344. The molecule has 1 fully saturated rings. The van der Waals surface area contributed by atoms with Crippen LogP contribution < -0.4 is 11.1 Å². The molecule has 4 nitrogen and oxygen atoms in total. The molecule has 1 aromatic rings. The summed E-state index contributed by atoms with van der Waals surface area (Å²) < 4.78 is 0.714. The van der Waals surface area contributed by atoms with Gasteiger partial charge in [-0.05, 0) is 27.8 Å². The van der Waals surface area contributed by atoms with E-state index >= 15 is 0 Å². The zero-order valence-electron chi connectivity index (χ0n) is 8.21. The lowest BCUT2D eigenvalue weighted by atomic mass is 10.2. The molecular weight excluding hydrogens is 244 g/mol. The number of hydrogen-bond acceptors (Lipinski definition) is 4. The predicted octanol–water partition coefficient (Wildman–Crippen LogP) is 2.03. The first-order valence-electron chi connectivity index (χ1n) is 4.54. The fraction of sp³-hybridized carbons (Fsp3) is 0.556. The quantitative estimate of drug-likeness (QED) is 0.796. The summed E-state index contributed by atoms with van der Waals surface area (Å²) in [6.07, 6.45) is 1.18. The van der Waals surface area contributed by atoms with Crippen molar-refractivity contribution in [2.75, 3.05) is 11.1 Å². The highest BCUT2D eigenvalue weighted by molar-refractivity contribution is 9.10. The average Bonchev–Trinajstić information content (AvgIpc) is 2.55. The van der Waals surface area contributed by atoms with E-state index in [4.69, 9.17) is 5.73 Å². The van der Waals surface area contributed by atoms with Crippen LogP contribution in [-0.4, -0.2) is 16.0 Å². The maximum Gasteiger partial charge on any atom is 0.223 e. The second kappa shape index (κ2) is 3.08. The Labute approximate surface area is 91.4 Å². The van der Waals surface area contributed by atoms with Crippen LogP contribution in [0.4, 0.5) is 11.8 Å². The number of nitrogens with one attached hydrogen (secondary N) is 1. The molecule has 2 rings (SSSR count). The minimum absolute atomic E-state index is 0.292. The van der Waals surface area contributed by atoms with Gasteiger partial charge < -0.3 is 11.1 Å². The van der Waals surface area contributed by atoms with E-state index in [0.29, 0.717) is 22.0 Å². The molecule has 0 saturated heterocycles. The number of halogens is 1. The second-order valence-corrected chi connectivity index (χ2v) is 5.14. The van der Waals surface area contributed by atoms with Crippen molar-refractivity contribution < 1.29 is 0 Å². The van der Waals surface area contributed by atoms with E-state index in [1.54, 1.807) is 0 Å². The number of aromatic nitrogens is 2. The largest absolute Gasteiger partial charge is 0.368 e. The first-order valence-corrected chi connectivity index (χ1v) is 5.33. The third-order valence-electron chi connectivity index (χ3n) is 2.55. The lowest BCUT2D eigenvalue weighted by Gasteiger charge is -2.07. The van der Waals surface area contributed by atoms with Crippen LogP contribution in [0.1, 0.15) is 20.3 Å². The zero-order chi connectivity index (χ0) is 10.3. The first-order chi connectivity index (χ1) is 6.47. The van der Waals surface area contributed by atoms with Crippen molar-refractivity contribution in [1.29, 1.82) is 0 Å². The average molecular weight is 257 g/mol. The molecule has 1 saturated carbocycles. The molecule has 0 spiro atoms. The van der Waals surface area contributed by atoms with Crippen molar-refractivity contribution >= 4 is 27.7 Å². The topological polar surface area (TPSA) is 63.8 Å². The molecule has 3 N–H and O–H groups in total. The van der Waals surface area contributed by atoms with Crippen LogP contribution in [0.15, 0.2) is 10.7 Å². The molecule has 5 heteroatoms.